The number of pyridine rings is 1. The van der Waals surface area contributed by atoms with Crippen LogP contribution in [0.4, 0.5) is 5.69 Å². The molecule has 0 amide bonds. The lowest BCUT2D eigenvalue weighted by Gasteiger charge is -2.17. The molecule has 0 saturated carbocycles. The molecule has 3 nitrogen and oxygen atoms in total. The van der Waals surface area contributed by atoms with Gasteiger partial charge in [-0.1, -0.05) is 30.3 Å². The summed E-state index contributed by atoms with van der Waals surface area (Å²) in [6.07, 6.45) is 3.50. The number of fused-ring (bicyclic) bond motifs is 1. The summed E-state index contributed by atoms with van der Waals surface area (Å²) in [7, 11) is 0. The number of nitrogens with two attached hydrogens (primary N) is 1. The third-order valence-electron chi connectivity index (χ3n) is 3.39. The van der Waals surface area contributed by atoms with Crippen molar-refractivity contribution >= 4 is 16.5 Å². The number of nitrogens with zero attached hydrogens (tertiary/aromatic N) is 1. The standard InChI is InChI=1S/C17H16N2O/c1-12(13-5-3-2-4-6-13)20-16-8-7-14-11-19-10-9-15(14)17(16)18/h2-12H,18H2,1H3. The van der Waals surface area contributed by atoms with Gasteiger partial charge in [0, 0.05) is 23.2 Å². The third kappa shape index (κ3) is 2.30. The van der Waals surface area contributed by atoms with Crippen molar-refractivity contribution in [3.8, 4) is 5.75 Å². The first-order valence-electron chi connectivity index (χ1n) is 6.59. The van der Waals surface area contributed by atoms with Gasteiger partial charge >= 0.3 is 0 Å². The van der Waals surface area contributed by atoms with Crippen LogP contribution in [-0.4, -0.2) is 4.98 Å². The van der Waals surface area contributed by atoms with E-state index in [0.29, 0.717) is 11.4 Å². The Balaban J connectivity index is 1.93. The molecule has 0 aliphatic heterocycles. The SMILES string of the molecule is CC(Oc1ccc2cnccc2c1N)c1ccccc1. The molecule has 3 aromatic rings. The molecule has 0 saturated heterocycles. The molecule has 100 valence electrons. The fraction of sp³-hybridized carbons (Fsp3) is 0.118. The van der Waals surface area contributed by atoms with Gasteiger partial charge in [-0.25, -0.2) is 0 Å². The van der Waals surface area contributed by atoms with E-state index in [4.69, 9.17) is 10.5 Å². The first kappa shape index (κ1) is 12.5. The molecule has 3 heteroatoms. The van der Waals surface area contributed by atoms with E-state index < -0.39 is 0 Å². The minimum Gasteiger partial charge on any atom is -0.484 e. The maximum absolute atomic E-state index is 6.19. The van der Waals surface area contributed by atoms with E-state index in [0.717, 1.165) is 16.3 Å². The topological polar surface area (TPSA) is 48.1 Å². The molecule has 0 aliphatic rings. The van der Waals surface area contributed by atoms with Crippen molar-refractivity contribution in [3.05, 3.63) is 66.5 Å². The second-order valence-electron chi connectivity index (χ2n) is 4.74. The summed E-state index contributed by atoms with van der Waals surface area (Å²) in [4.78, 5) is 4.10. The molecule has 3 rings (SSSR count). The molecule has 2 N–H and O–H groups in total. The predicted octanol–water partition coefficient (Wildman–Crippen LogP) is 3.96. The zero-order valence-corrected chi connectivity index (χ0v) is 11.3. The van der Waals surface area contributed by atoms with Crippen LogP contribution in [0, 0.1) is 0 Å². The van der Waals surface area contributed by atoms with Crippen LogP contribution in [0.2, 0.25) is 0 Å². The largest absolute Gasteiger partial charge is 0.484 e. The van der Waals surface area contributed by atoms with E-state index >= 15 is 0 Å². The maximum Gasteiger partial charge on any atom is 0.143 e. The van der Waals surface area contributed by atoms with E-state index in [2.05, 4.69) is 4.98 Å². The Bertz CT molecular complexity index is 725. The molecule has 1 heterocycles. The van der Waals surface area contributed by atoms with Gasteiger partial charge in [-0.05, 0) is 30.7 Å². The highest BCUT2D eigenvalue weighted by Gasteiger charge is 2.10. The van der Waals surface area contributed by atoms with Gasteiger partial charge in [-0.2, -0.15) is 0 Å². The fourth-order valence-corrected chi connectivity index (χ4v) is 2.26. The first-order chi connectivity index (χ1) is 9.75. The molecule has 0 spiro atoms. The van der Waals surface area contributed by atoms with Crippen molar-refractivity contribution in [2.24, 2.45) is 0 Å². The van der Waals surface area contributed by atoms with E-state index in [9.17, 15) is 0 Å². The average Bonchev–Trinajstić information content (AvgIpc) is 2.51. The molecular weight excluding hydrogens is 248 g/mol. The van der Waals surface area contributed by atoms with Crippen LogP contribution in [-0.2, 0) is 0 Å². The van der Waals surface area contributed by atoms with E-state index in [1.54, 1.807) is 12.4 Å². The summed E-state index contributed by atoms with van der Waals surface area (Å²) in [5, 5.41) is 1.99. The second-order valence-corrected chi connectivity index (χ2v) is 4.74. The normalized spacial score (nSPS) is 12.2. The number of nitrogen functional groups attached to an aromatic ring is 1. The Hall–Kier alpha value is -2.55. The molecule has 0 bridgehead atoms. The first-order valence-corrected chi connectivity index (χ1v) is 6.59. The van der Waals surface area contributed by atoms with Crippen LogP contribution in [0.1, 0.15) is 18.6 Å². The summed E-state index contributed by atoms with van der Waals surface area (Å²) in [5.74, 6) is 0.708. The van der Waals surface area contributed by atoms with Crippen LogP contribution in [0.5, 0.6) is 5.75 Å². The second kappa shape index (κ2) is 5.21. The average molecular weight is 264 g/mol. The molecule has 1 atom stereocenters. The lowest BCUT2D eigenvalue weighted by atomic mass is 10.1. The van der Waals surface area contributed by atoms with Crippen LogP contribution in [0.15, 0.2) is 60.9 Å². The van der Waals surface area contributed by atoms with Crippen molar-refractivity contribution in [1.82, 2.24) is 4.98 Å². The predicted molar refractivity (Wildman–Crippen MR) is 81.6 cm³/mol. The van der Waals surface area contributed by atoms with Crippen LogP contribution < -0.4 is 10.5 Å². The number of rotatable bonds is 3. The molecule has 20 heavy (non-hydrogen) atoms. The zero-order valence-electron chi connectivity index (χ0n) is 11.3. The summed E-state index contributed by atoms with van der Waals surface area (Å²) in [6.45, 7) is 2.02. The van der Waals surface area contributed by atoms with Crippen LogP contribution in [0.25, 0.3) is 10.8 Å². The fourth-order valence-electron chi connectivity index (χ4n) is 2.26. The molecule has 0 fully saturated rings. The number of benzene rings is 2. The minimum absolute atomic E-state index is 0.0437. The molecular formula is C17H16N2O. The molecule has 1 unspecified atom stereocenters. The Morgan fingerprint density at radius 2 is 1.85 bits per heavy atom. The van der Waals surface area contributed by atoms with E-state index in [1.807, 2.05) is 55.5 Å². The molecule has 0 aliphatic carbocycles. The lowest BCUT2D eigenvalue weighted by Crippen LogP contribution is -2.05. The van der Waals surface area contributed by atoms with E-state index in [-0.39, 0.29) is 6.10 Å². The van der Waals surface area contributed by atoms with Crippen LogP contribution >= 0.6 is 0 Å². The minimum atomic E-state index is -0.0437. The van der Waals surface area contributed by atoms with Crippen molar-refractivity contribution in [3.63, 3.8) is 0 Å². The van der Waals surface area contributed by atoms with Gasteiger partial charge in [0.15, 0.2) is 0 Å². The molecule has 0 radical (unpaired) electrons. The smallest absolute Gasteiger partial charge is 0.143 e. The Kier molecular flexibility index (Phi) is 3.25. The lowest BCUT2D eigenvalue weighted by molar-refractivity contribution is 0.228. The summed E-state index contributed by atoms with van der Waals surface area (Å²) >= 11 is 0. The van der Waals surface area contributed by atoms with Gasteiger partial charge in [-0.15, -0.1) is 0 Å². The number of anilines is 1. The number of hydrogen-bond acceptors (Lipinski definition) is 3. The Morgan fingerprint density at radius 1 is 1.05 bits per heavy atom. The van der Waals surface area contributed by atoms with E-state index in [1.165, 1.54) is 0 Å². The molecule has 2 aromatic carbocycles. The zero-order chi connectivity index (χ0) is 13.9. The van der Waals surface area contributed by atoms with Gasteiger partial charge in [0.05, 0.1) is 5.69 Å². The van der Waals surface area contributed by atoms with Gasteiger partial charge in [0.25, 0.3) is 0 Å². The number of ether oxygens (including phenoxy) is 1. The maximum atomic E-state index is 6.19. The monoisotopic (exact) mass is 264 g/mol. The summed E-state index contributed by atoms with van der Waals surface area (Å²) in [5.41, 5.74) is 7.98. The molecule has 1 aromatic heterocycles. The summed E-state index contributed by atoms with van der Waals surface area (Å²) in [6, 6.07) is 15.9. The van der Waals surface area contributed by atoms with Crippen molar-refractivity contribution < 1.29 is 4.74 Å². The Morgan fingerprint density at radius 3 is 2.65 bits per heavy atom. The highest BCUT2D eigenvalue weighted by Crippen LogP contribution is 2.32. The van der Waals surface area contributed by atoms with Gasteiger partial charge < -0.3 is 10.5 Å². The third-order valence-corrected chi connectivity index (χ3v) is 3.39. The van der Waals surface area contributed by atoms with Crippen molar-refractivity contribution in [2.75, 3.05) is 5.73 Å². The van der Waals surface area contributed by atoms with Gasteiger partial charge in [-0.3, -0.25) is 4.98 Å². The highest BCUT2D eigenvalue weighted by atomic mass is 16.5. The number of aromatic nitrogens is 1. The number of hydrogen-bond donors (Lipinski definition) is 1. The highest BCUT2D eigenvalue weighted by molar-refractivity contribution is 5.95. The van der Waals surface area contributed by atoms with Crippen LogP contribution in [0.3, 0.4) is 0 Å². The van der Waals surface area contributed by atoms with Gasteiger partial charge in [0.1, 0.15) is 11.9 Å². The van der Waals surface area contributed by atoms with Crippen molar-refractivity contribution in [1.29, 1.82) is 0 Å². The summed E-state index contributed by atoms with van der Waals surface area (Å²) < 4.78 is 5.99. The van der Waals surface area contributed by atoms with Crippen molar-refractivity contribution in [2.45, 2.75) is 13.0 Å². The quantitative estimate of drug-likeness (QED) is 0.728. The Labute approximate surface area is 118 Å². The van der Waals surface area contributed by atoms with Gasteiger partial charge in [0.2, 0.25) is 0 Å².